The van der Waals surface area contributed by atoms with E-state index < -0.39 is 10.0 Å². The van der Waals surface area contributed by atoms with Crippen LogP contribution in [-0.2, 0) is 16.4 Å². The lowest BCUT2D eigenvalue weighted by Gasteiger charge is -2.30. The Hall–Kier alpha value is -1.80. The highest BCUT2D eigenvalue weighted by molar-refractivity contribution is 7.88. The average Bonchev–Trinajstić information content (AvgIpc) is 2.94. The van der Waals surface area contributed by atoms with Crippen molar-refractivity contribution < 1.29 is 8.42 Å². The van der Waals surface area contributed by atoms with Crippen LogP contribution < -0.4 is 0 Å². The first-order chi connectivity index (χ1) is 10.9. The molecule has 0 spiro atoms. The van der Waals surface area contributed by atoms with Crippen molar-refractivity contribution in [2.75, 3.05) is 19.3 Å². The van der Waals surface area contributed by atoms with Gasteiger partial charge in [0.2, 0.25) is 10.0 Å². The number of piperidine rings is 1. The minimum absolute atomic E-state index is 0.294. The lowest BCUT2D eigenvalue weighted by atomic mass is 9.94. The Morgan fingerprint density at radius 1 is 1.30 bits per heavy atom. The number of nitrogens with one attached hydrogen (secondary N) is 1. The Kier molecular flexibility index (Phi) is 4.45. The van der Waals surface area contributed by atoms with Gasteiger partial charge in [0.15, 0.2) is 0 Å². The number of hydrogen-bond acceptors (Lipinski definition) is 5. The van der Waals surface area contributed by atoms with Crippen LogP contribution in [0.25, 0.3) is 11.4 Å². The van der Waals surface area contributed by atoms with Gasteiger partial charge in [-0.3, -0.25) is 5.10 Å². The summed E-state index contributed by atoms with van der Waals surface area (Å²) in [5.41, 5.74) is 3.50. The van der Waals surface area contributed by atoms with Gasteiger partial charge in [0.25, 0.3) is 0 Å². The van der Waals surface area contributed by atoms with E-state index in [1.54, 1.807) is 10.6 Å². The summed E-state index contributed by atoms with van der Waals surface area (Å²) in [4.78, 5) is 8.61. The van der Waals surface area contributed by atoms with Crippen LogP contribution in [0.1, 0.15) is 24.2 Å². The summed E-state index contributed by atoms with van der Waals surface area (Å²) in [5.74, 6) is 0.294. The lowest BCUT2D eigenvalue weighted by molar-refractivity contribution is 0.265. The first kappa shape index (κ1) is 16.1. The zero-order chi connectivity index (χ0) is 16.4. The predicted octanol–water partition coefficient (Wildman–Crippen LogP) is 1.39. The molecule has 0 radical (unpaired) electrons. The normalized spacial score (nSPS) is 19.8. The van der Waals surface area contributed by atoms with E-state index in [4.69, 9.17) is 0 Å². The molecule has 2 aromatic heterocycles. The van der Waals surface area contributed by atoms with Crippen molar-refractivity contribution in [3.63, 3.8) is 0 Å². The molecule has 1 saturated heterocycles. The van der Waals surface area contributed by atoms with E-state index in [2.05, 4.69) is 20.2 Å². The first-order valence-corrected chi connectivity index (χ1v) is 9.55. The van der Waals surface area contributed by atoms with Gasteiger partial charge in [0, 0.05) is 24.5 Å². The molecule has 1 aliphatic rings. The second-order valence-corrected chi connectivity index (χ2v) is 8.15. The quantitative estimate of drug-likeness (QED) is 0.911. The van der Waals surface area contributed by atoms with E-state index in [0.29, 0.717) is 19.0 Å². The van der Waals surface area contributed by atoms with Gasteiger partial charge >= 0.3 is 0 Å². The molecule has 1 atom stereocenters. The third-order valence-electron chi connectivity index (χ3n) is 4.14. The summed E-state index contributed by atoms with van der Waals surface area (Å²) < 4.78 is 25.0. The van der Waals surface area contributed by atoms with Gasteiger partial charge in [-0.25, -0.2) is 22.7 Å². The molecule has 3 rings (SSSR count). The third kappa shape index (κ3) is 3.94. The predicted molar refractivity (Wildman–Crippen MR) is 87.2 cm³/mol. The number of aryl methyl sites for hydroxylation is 1. The van der Waals surface area contributed by atoms with E-state index in [1.807, 2.05) is 19.1 Å². The van der Waals surface area contributed by atoms with Crippen LogP contribution in [0.2, 0.25) is 0 Å². The molecule has 3 heterocycles. The molecule has 0 bridgehead atoms. The number of aromatic nitrogens is 4. The Morgan fingerprint density at radius 2 is 2.13 bits per heavy atom. The largest absolute Gasteiger partial charge is 0.282 e. The molecular weight excluding hydrogens is 314 g/mol. The minimum Gasteiger partial charge on any atom is -0.282 e. The van der Waals surface area contributed by atoms with Crippen LogP contribution in [0.15, 0.2) is 18.5 Å². The Labute approximate surface area is 136 Å². The molecule has 124 valence electrons. The Bertz CT molecular complexity index is 787. The molecule has 2 aromatic rings. The van der Waals surface area contributed by atoms with Crippen molar-refractivity contribution in [3.8, 4) is 11.4 Å². The van der Waals surface area contributed by atoms with E-state index >= 15 is 0 Å². The van der Waals surface area contributed by atoms with Gasteiger partial charge in [0.05, 0.1) is 11.9 Å². The molecule has 1 fully saturated rings. The van der Waals surface area contributed by atoms with Crippen molar-refractivity contribution in [2.24, 2.45) is 5.92 Å². The van der Waals surface area contributed by atoms with Gasteiger partial charge in [-0.2, -0.15) is 5.10 Å². The van der Waals surface area contributed by atoms with Crippen LogP contribution in [0.3, 0.4) is 0 Å². The Morgan fingerprint density at radius 3 is 2.83 bits per heavy atom. The van der Waals surface area contributed by atoms with E-state index in [9.17, 15) is 8.42 Å². The molecule has 23 heavy (non-hydrogen) atoms. The molecule has 0 amide bonds. The fourth-order valence-electron chi connectivity index (χ4n) is 2.99. The highest BCUT2D eigenvalue weighted by atomic mass is 32.2. The minimum atomic E-state index is -3.11. The van der Waals surface area contributed by atoms with Crippen LogP contribution in [0.4, 0.5) is 0 Å². The SMILES string of the molecule is Cc1cc(-c2cc(CC3CCCN(S(C)(=O)=O)C3)ncn2)n[nH]1. The van der Waals surface area contributed by atoms with Gasteiger partial charge in [-0.05, 0) is 44.2 Å². The number of hydrogen-bond donors (Lipinski definition) is 1. The first-order valence-electron chi connectivity index (χ1n) is 7.70. The van der Waals surface area contributed by atoms with Gasteiger partial charge < -0.3 is 0 Å². The zero-order valence-electron chi connectivity index (χ0n) is 13.4. The van der Waals surface area contributed by atoms with E-state index in [-0.39, 0.29) is 0 Å². The van der Waals surface area contributed by atoms with E-state index in [0.717, 1.165) is 42.0 Å². The maximum atomic E-state index is 11.7. The monoisotopic (exact) mass is 335 g/mol. The molecule has 0 aliphatic carbocycles. The number of aromatic amines is 1. The summed E-state index contributed by atoms with van der Waals surface area (Å²) in [7, 11) is -3.11. The third-order valence-corrected chi connectivity index (χ3v) is 5.41. The number of H-pyrrole nitrogens is 1. The summed E-state index contributed by atoms with van der Waals surface area (Å²) >= 11 is 0. The average molecular weight is 335 g/mol. The molecule has 1 aliphatic heterocycles. The maximum absolute atomic E-state index is 11.7. The fraction of sp³-hybridized carbons (Fsp3) is 0.533. The summed E-state index contributed by atoms with van der Waals surface area (Å²) in [6, 6.07) is 3.88. The molecule has 8 heteroatoms. The number of sulfonamides is 1. The molecular formula is C15H21N5O2S. The molecule has 1 N–H and O–H groups in total. The smallest absolute Gasteiger partial charge is 0.211 e. The van der Waals surface area contributed by atoms with Crippen molar-refractivity contribution in [1.82, 2.24) is 24.5 Å². The second-order valence-electron chi connectivity index (χ2n) is 6.16. The summed E-state index contributed by atoms with van der Waals surface area (Å²) in [6.45, 7) is 3.14. The van der Waals surface area contributed by atoms with Crippen LogP contribution in [0, 0.1) is 12.8 Å². The lowest BCUT2D eigenvalue weighted by Crippen LogP contribution is -2.39. The summed E-state index contributed by atoms with van der Waals surface area (Å²) in [5, 5.41) is 7.12. The molecule has 7 nitrogen and oxygen atoms in total. The Balaban J connectivity index is 1.73. The molecule has 0 saturated carbocycles. The van der Waals surface area contributed by atoms with Crippen molar-refractivity contribution in [2.45, 2.75) is 26.2 Å². The van der Waals surface area contributed by atoms with Gasteiger partial charge in [0.1, 0.15) is 12.0 Å². The topological polar surface area (TPSA) is 91.8 Å². The highest BCUT2D eigenvalue weighted by Gasteiger charge is 2.26. The van der Waals surface area contributed by atoms with Gasteiger partial charge in [-0.15, -0.1) is 0 Å². The number of nitrogens with zero attached hydrogens (tertiary/aromatic N) is 4. The second kappa shape index (κ2) is 6.37. The van der Waals surface area contributed by atoms with Crippen molar-refractivity contribution in [1.29, 1.82) is 0 Å². The standard InChI is InChI=1S/C15H21N5O2S/c1-11-6-15(19-18-11)14-8-13(16-10-17-14)7-12-4-3-5-20(9-12)23(2,21)22/h6,8,10,12H,3-5,7,9H2,1-2H3,(H,18,19). The van der Waals surface area contributed by atoms with Gasteiger partial charge in [-0.1, -0.05) is 0 Å². The zero-order valence-corrected chi connectivity index (χ0v) is 14.2. The van der Waals surface area contributed by atoms with Crippen LogP contribution in [0.5, 0.6) is 0 Å². The van der Waals surface area contributed by atoms with Crippen LogP contribution in [-0.4, -0.2) is 52.2 Å². The highest BCUT2D eigenvalue weighted by Crippen LogP contribution is 2.23. The summed E-state index contributed by atoms with van der Waals surface area (Å²) in [6.07, 6.45) is 5.50. The van der Waals surface area contributed by atoms with Crippen LogP contribution >= 0.6 is 0 Å². The number of rotatable bonds is 4. The van der Waals surface area contributed by atoms with E-state index in [1.165, 1.54) is 6.26 Å². The molecule has 0 aromatic carbocycles. The molecule has 1 unspecified atom stereocenters. The fourth-order valence-corrected chi connectivity index (χ4v) is 3.93. The van der Waals surface area contributed by atoms with Crippen molar-refractivity contribution >= 4 is 10.0 Å². The van der Waals surface area contributed by atoms with Crippen molar-refractivity contribution in [3.05, 3.63) is 29.8 Å². The maximum Gasteiger partial charge on any atom is 0.211 e.